The number of benzene rings is 1. The number of hydrogen-bond acceptors (Lipinski definition) is 4. The largest absolute Gasteiger partial charge is 0.469 e. The quantitative estimate of drug-likeness (QED) is 0.111. The number of carbonyl (C=O) groups excluding carboxylic acids is 3. The van der Waals surface area contributed by atoms with Crippen molar-refractivity contribution in [1.29, 1.82) is 0 Å². The molecule has 1 rings (SSSR count). The molecule has 0 aliphatic rings. The highest BCUT2D eigenvalue weighted by Gasteiger charge is 2.21. The number of nitrogens with one attached hydrogen (secondary N) is 2. The van der Waals surface area contributed by atoms with Crippen molar-refractivity contribution in [2.75, 3.05) is 13.7 Å². The van der Waals surface area contributed by atoms with Crippen LogP contribution in [0.1, 0.15) is 128 Å². The average molecular weight is 531 g/mol. The van der Waals surface area contributed by atoms with E-state index >= 15 is 0 Å². The molecule has 1 aromatic rings. The molecule has 0 saturated heterocycles. The highest BCUT2D eigenvalue weighted by molar-refractivity contribution is 5.89. The Bertz CT molecular complexity index is 738. The van der Waals surface area contributed by atoms with Gasteiger partial charge < -0.3 is 15.4 Å². The summed E-state index contributed by atoms with van der Waals surface area (Å²) in [5.41, 5.74) is 0.975. The molecule has 1 atom stereocenters. The minimum atomic E-state index is -0.663. The second-order valence-corrected chi connectivity index (χ2v) is 10.5. The van der Waals surface area contributed by atoms with Crippen LogP contribution in [0.2, 0.25) is 0 Å². The fourth-order valence-electron chi connectivity index (χ4n) is 4.65. The van der Waals surface area contributed by atoms with Crippen LogP contribution >= 0.6 is 0 Å². The van der Waals surface area contributed by atoms with Crippen molar-refractivity contribution < 1.29 is 19.1 Å². The van der Waals surface area contributed by atoms with Crippen LogP contribution in [0.5, 0.6) is 0 Å². The van der Waals surface area contributed by atoms with Gasteiger partial charge in [-0.2, -0.15) is 0 Å². The molecule has 2 N–H and O–H groups in total. The van der Waals surface area contributed by atoms with E-state index in [1.807, 2.05) is 30.3 Å². The fraction of sp³-hybridized carbons (Fsp3) is 0.719. The lowest BCUT2D eigenvalue weighted by Crippen LogP contribution is -2.48. The van der Waals surface area contributed by atoms with Gasteiger partial charge in [0.05, 0.1) is 13.5 Å². The summed E-state index contributed by atoms with van der Waals surface area (Å²) in [4.78, 5) is 36.5. The van der Waals surface area contributed by atoms with Gasteiger partial charge in [-0.25, -0.2) is 0 Å². The normalized spacial score (nSPS) is 11.6. The van der Waals surface area contributed by atoms with E-state index in [0.29, 0.717) is 13.0 Å². The van der Waals surface area contributed by atoms with Gasteiger partial charge in [0.2, 0.25) is 11.8 Å². The Labute approximate surface area is 232 Å². The predicted octanol–water partition coefficient (Wildman–Crippen LogP) is 7.04. The van der Waals surface area contributed by atoms with Gasteiger partial charge in [-0.1, -0.05) is 134 Å². The Balaban J connectivity index is 2.13. The number of carbonyl (C=O) groups is 3. The standard InChI is InChI=1S/C32H54N2O4/c1-3-4-5-6-7-8-9-10-11-12-13-14-15-16-17-21-26-33-32(37)29(27-28-22-19-18-20-23-28)34-30(35)24-25-31(36)38-2/h18-20,22-23,29H,3-17,21,24-27H2,1-2H3,(H,33,37)(H,34,35)/t29-/m0/s1. The molecule has 0 spiro atoms. The van der Waals surface area contributed by atoms with E-state index in [2.05, 4.69) is 22.3 Å². The Morgan fingerprint density at radius 3 is 1.71 bits per heavy atom. The van der Waals surface area contributed by atoms with E-state index in [9.17, 15) is 14.4 Å². The molecule has 1 aromatic carbocycles. The van der Waals surface area contributed by atoms with Crippen molar-refractivity contribution in [3.05, 3.63) is 35.9 Å². The molecular weight excluding hydrogens is 476 g/mol. The van der Waals surface area contributed by atoms with E-state index in [0.717, 1.165) is 18.4 Å². The molecule has 0 aliphatic carbocycles. The first-order valence-electron chi connectivity index (χ1n) is 15.2. The zero-order chi connectivity index (χ0) is 27.7. The third kappa shape index (κ3) is 18.8. The van der Waals surface area contributed by atoms with Crippen LogP contribution in [0.15, 0.2) is 30.3 Å². The molecule has 0 fully saturated rings. The number of esters is 1. The van der Waals surface area contributed by atoms with Crippen LogP contribution in [-0.2, 0) is 25.5 Å². The van der Waals surface area contributed by atoms with Crippen LogP contribution in [0.3, 0.4) is 0 Å². The maximum Gasteiger partial charge on any atom is 0.306 e. The first-order chi connectivity index (χ1) is 18.6. The summed E-state index contributed by atoms with van der Waals surface area (Å²) >= 11 is 0. The smallest absolute Gasteiger partial charge is 0.306 e. The van der Waals surface area contributed by atoms with Gasteiger partial charge in [0.15, 0.2) is 0 Å². The van der Waals surface area contributed by atoms with Crippen LogP contribution in [0.4, 0.5) is 0 Å². The lowest BCUT2D eigenvalue weighted by Gasteiger charge is -2.19. The van der Waals surface area contributed by atoms with Gasteiger partial charge in [0.1, 0.15) is 6.04 Å². The summed E-state index contributed by atoms with van der Waals surface area (Å²) in [5.74, 6) is -0.942. The summed E-state index contributed by atoms with van der Waals surface area (Å²) in [6, 6.07) is 8.97. The monoisotopic (exact) mass is 530 g/mol. The first kappa shape index (κ1) is 33.7. The SMILES string of the molecule is CCCCCCCCCCCCCCCCCCNC(=O)[C@H](Cc1ccccc1)NC(=O)CCC(=O)OC. The second kappa shape index (κ2) is 23.7. The van der Waals surface area contributed by atoms with Crippen LogP contribution in [0.25, 0.3) is 0 Å². The lowest BCUT2D eigenvalue weighted by atomic mass is 10.0. The molecule has 0 radical (unpaired) electrons. The number of amides is 2. The van der Waals surface area contributed by atoms with Crippen molar-refractivity contribution >= 4 is 17.8 Å². The number of ether oxygens (including phenoxy) is 1. The Hall–Kier alpha value is -2.37. The van der Waals surface area contributed by atoms with Gasteiger partial charge >= 0.3 is 5.97 Å². The molecule has 6 nitrogen and oxygen atoms in total. The van der Waals surface area contributed by atoms with Crippen LogP contribution in [0, 0.1) is 0 Å². The molecule has 0 bridgehead atoms. The summed E-state index contributed by atoms with van der Waals surface area (Å²) in [6.07, 6.45) is 21.5. The predicted molar refractivity (Wildman–Crippen MR) is 156 cm³/mol. The number of methoxy groups -OCH3 is 1. The highest BCUT2D eigenvalue weighted by Crippen LogP contribution is 2.13. The van der Waals surface area contributed by atoms with Crippen molar-refractivity contribution in [2.45, 2.75) is 135 Å². The average Bonchev–Trinajstić information content (AvgIpc) is 2.93. The molecule has 0 unspecified atom stereocenters. The molecule has 38 heavy (non-hydrogen) atoms. The minimum absolute atomic E-state index is 0.00119. The molecule has 0 aromatic heterocycles. The molecule has 0 heterocycles. The summed E-state index contributed by atoms with van der Waals surface area (Å²) in [5, 5.41) is 5.78. The number of hydrogen-bond donors (Lipinski definition) is 2. The van der Waals surface area contributed by atoms with E-state index in [1.165, 1.54) is 97.0 Å². The van der Waals surface area contributed by atoms with Crippen molar-refractivity contribution in [1.82, 2.24) is 10.6 Å². The van der Waals surface area contributed by atoms with Crippen molar-refractivity contribution in [2.24, 2.45) is 0 Å². The Morgan fingerprint density at radius 1 is 0.711 bits per heavy atom. The second-order valence-electron chi connectivity index (χ2n) is 10.5. The number of rotatable bonds is 24. The van der Waals surface area contributed by atoms with Crippen LogP contribution < -0.4 is 10.6 Å². The zero-order valence-corrected chi connectivity index (χ0v) is 24.2. The summed E-state index contributed by atoms with van der Waals surface area (Å²) in [7, 11) is 1.30. The maximum absolute atomic E-state index is 12.8. The topological polar surface area (TPSA) is 84.5 Å². The number of unbranched alkanes of at least 4 members (excludes halogenated alkanes) is 15. The first-order valence-corrected chi connectivity index (χ1v) is 15.2. The lowest BCUT2D eigenvalue weighted by molar-refractivity contribution is -0.142. The van der Waals surface area contributed by atoms with Gasteiger partial charge in [-0.3, -0.25) is 14.4 Å². The summed E-state index contributed by atoms with van der Waals surface area (Å²) < 4.78 is 4.59. The van der Waals surface area contributed by atoms with Gasteiger partial charge in [0, 0.05) is 19.4 Å². The minimum Gasteiger partial charge on any atom is -0.469 e. The molecule has 216 valence electrons. The van der Waals surface area contributed by atoms with Crippen molar-refractivity contribution in [3.8, 4) is 0 Å². The molecule has 0 aliphatic heterocycles. The third-order valence-corrected chi connectivity index (χ3v) is 7.05. The van der Waals surface area contributed by atoms with E-state index in [4.69, 9.17) is 0 Å². The van der Waals surface area contributed by atoms with E-state index in [-0.39, 0.29) is 24.7 Å². The van der Waals surface area contributed by atoms with Gasteiger partial charge in [0.25, 0.3) is 0 Å². The van der Waals surface area contributed by atoms with Crippen LogP contribution in [-0.4, -0.2) is 37.5 Å². The Morgan fingerprint density at radius 2 is 1.21 bits per heavy atom. The molecule has 2 amide bonds. The van der Waals surface area contributed by atoms with Gasteiger partial charge in [-0.05, 0) is 12.0 Å². The summed E-state index contributed by atoms with van der Waals surface area (Å²) in [6.45, 7) is 2.88. The zero-order valence-electron chi connectivity index (χ0n) is 24.2. The Kier molecular flexibility index (Phi) is 21.0. The highest BCUT2D eigenvalue weighted by atomic mass is 16.5. The maximum atomic E-state index is 12.8. The fourth-order valence-corrected chi connectivity index (χ4v) is 4.65. The molecule has 6 heteroatoms. The molecular formula is C32H54N2O4. The van der Waals surface area contributed by atoms with Crippen molar-refractivity contribution in [3.63, 3.8) is 0 Å². The van der Waals surface area contributed by atoms with E-state index in [1.54, 1.807) is 0 Å². The third-order valence-electron chi connectivity index (χ3n) is 7.05. The van der Waals surface area contributed by atoms with E-state index < -0.39 is 12.0 Å². The molecule has 0 saturated carbocycles. The van der Waals surface area contributed by atoms with Gasteiger partial charge in [-0.15, -0.1) is 0 Å².